The van der Waals surface area contributed by atoms with Crippen molar-refractivity contribution in [1.29, 1.82) is 0 Å². The van der Waals surface area contributed by atoms with Gasteiger partial charge in [-0.15, -0.1) is 0 Å². The summed E-state index contributed by atoms with van der Waals surface area (Å²) in [6.07, 6.45) is 3.39. The van der Waals surface area contributed by atoms with Crippen LogP contribution in [0.1, 0.15) is 18.5 Å². The number of aliphatic carboxylic acids is 1. The van der Waals surface area contributed by atoms with E-state index in [9.17, 15) is 19.2 Å². The van der Waals surface area contributed by atoms with Gasteiger partial charge in [0.25, 0.3) is 0 Å². The number of imidazole rings is 1. The van der Waals surface area contributed by atoms with Crippen molar-refractivity contribution in [2.24, 2.45) is 22.2 Å². The van der Waals surface area contributed by atoms with Crippen LogP contribution in [0.5, 0.6) is 0 Å². The largest absolute Gasteiger partial charge is 0.480 e. The molecule has 0 aliphatic rings. The normalized spacial score (nSPS) is 13.3. The molecule has 3 atom stereocenters. The maximum absolute atomic E-state index is 12.9. The van der Waals surface area contributed by atoms with Crippen LogP contribution >= 0.6 is 12.6 Å². The second-order valence-electron chi connectivity index (χ2n) is 6.70. The van der Waals surface area contributed by atoms with E-state index in [2.05, 4.69) is 43.5 Å². The Morgan fingerprint density at radius 1 is 1.12 bits per heavy atom. The molecule has 32 heavy (non-hydrogen) atoms. The molecule has 0 aromatic carbocycles. The summed E-state index contributed by atoms with van der Waals surface area (Å²) in [7, 11) is 0. The zero-order valence-electron chi connectivity index (χ0n) is 17.3. The van der Waals surface area contributed by atoms with Crippen LogP contribution in [-0.4, -0.2) is 81.7 Å². The van der Waals surface area contributed by atoms with Gasteiger partial charge in [0.05, 0.1) is 12.9 Å². The molecule has 3 amide bonds. The number of thiol groups is 1. The molecule has 0 bridgehead atoms. The van der Waals surface area contributed by atoms with Crippen molar-refractivity contribution in [1.82, 2.24) is 25.9 Å². The average molecular weight is 472 g/mol. The number of aliphatic imine (C=N–C) groups is 1. The number of carboxylic acid groups (broad SMARTS) is 1. The minimum Gasteiger partial charge on any atom is -0.480 e. The number of amides is 3. The van der Waals surface area contributed by atoms with Crippen LogP contribution in [0.15, 0.2) is 17.5 Å². The van der Waals surface area contributed by atoms with Crippen molar-refractivity contribution in [3.05, 3.63) is 18.2 Å². The number of guanidine groups is 1. The molecule has 0 fully saturated rings. The Balaban J connectivity index is 2.96. The molecule has 1 aromatic rings. The SMILES string of the molecule is NCC(=O)NC(CCCN=C(N)N)C(=O)NC(Cc1cnc[nH]1)C(=O)NC(CS)C(=O)O. The first kappa shape index (κ1) is 26.7. The van der Waals surface area contributed by atoms with Gasteiger partial charge in [0, 0.05) is 30.6 Å². The predicted octanol–water partition coefficient (Wildman–Crippen LogP) is -3.57. The number of carboxylic acids is 1. The third-order valence-corrected chi connectivity index (χ3v) is 4.56. The van der Waals surface area contributed by atoms with Gasteiger partial charge in [0.2, 0.25) is 17.7 Å². The number of carbonyl (C=O) groups is 4. The molecule has 15 heteroatoms. The van der Waals surface area contributed by atoms with E-state index in [0.717, 1.165) is 0 Å². The molecule has 0 radical (unpaired) electrons. The lowest BCUT2D eigenvalue weighted by Gasteiger charge is -2.24. The number of hydrogen-bond donors (Lipinski definition) is 9. The highest BCUT2D eigenvalue weighted by Gasteiger charge is 2.29. The summed E-state index contributed by atoms with van der Waals surface area (Å²) in [5.74, 6) is -3.49. The molecule has 1 rings (SSSR count). The summed E-state index contributed by atoms with van der Waals surface area (Å²) >= 11 is 3.91. The lowest BCUT2D eigenvalue weighted by Crippen LogP contribution is -2.57. The second kappa shape index (κ2) is 13.9. The minimum atomic E-state index is -1.27. The molecule has 11 N–H and O–H groups in total. The van der Waals surface area contributed by atoms with Crippen molar-refractivity contribution >= 4 is 42.3 Å². The number of hydrogen-bond acceptors (Lipinski definition) is 8. The molecule has 0 spiro atoms. The van der Waals surface area contributed by atoms with Crippen LogP contribution in [0.25, 0.3) is 0 Å². The van der Waals surface area contributed by atoms with Crippen LogP contribution in [0.3, 0.4) is 0 Å². The third-order valence-electron chi connectivity index (χ3n) is 4.19. The Hall–Kier alpha value is -3.33. The molecule has 0 saturated carbocycles. The van der Waals surface area contributed by atoms with Crippen LogP contribution < -0.4 is 33.2 Å². The monoisotopic (exact) mass is 471 g/mol. The molecule has 1 aromatic heterocycles. The minimum absolute atomic E-state index is 0.00202. The average Bonchev–Trinajstić information content (AvgIpc) is 3.25. The first-order valence-electron chi connectivity index (χ1n) is 9.64. The first-order chi connectivity index (χ1) is 15.2. The molecular weight excluding hydrogens is 442 g/mol. The van der Waals surface area contributed by atoms with E-state index in [-0.39, 0.29) is 37.6 Å². The maximum atomic E-state index is 12.9. The van der Waals surface area contributed by atoms with E-state index in [1.165, 1.54) is 12.5 Å². The highest BCUT2D eigenvalue weighted by Crippen LogP contribution is 2.04. The van der Waals surface area contributed by atoms with Gasteiger partial charge in [-0.25, -0.2) is 9.78 Å². The van der Waals surface area contributed by atoms with Crippen LogP contribution in [0.2, 0.25) is 0 Å². The summed E-state index contributed by atoms with van der Waals surface area (Å²) in [5, 5.41) is 16.5. The topological polar surface area (TPSA) is 244 Å². The predicted molar refractivity (Wildman–Crippen MR) is 119 cm³/mol. The van der Waals surface area contributed by atoms with Crippen molar-refractivity contribution in [3.63, 3.8) is 0 Å². The summed E-state index contributed by atoms with van der Waals surface area (Å²) in [6, 6.07) is -3.42. The molecule has 178 valence electrons. The molecular formula is C17H29N9O5S. The Morgan fingerprint density at radius 3 is 2.31 bits per heavy atom. The number of nitrogens with one attached hydrogen (secondary N) is 4. The lowest BCUT2D eigenvalue weighted by molar-refractivity contribution is -0.141. The zero-order chi connectivity index (χ0) is 24.1. The van der Waals surface area contributed by atoms with Gasteiger partial charge < -0.3 is 43.2 Å². The summed E-state index contributed by atoms with van der Waals surface area (Å²) in [6.45, 7) is -0.108. The highest BCUT2D eigenvalue weighted by atomic mass is 32.1. The lowest BCUT2D eigenvalue weighted by atomic mass is 10.1. The van der Waals surface area contributed by atoms with E-state index >= 15 is 0 Å². The Labute approximate surface area is 189 Å². The van der Waals surface area contributed by atoms with Gasteiger partial charge in [-0.05, 0) is 12.8 Å². The fourth-order valence-corrected chi connectivity index (χ4v) is 2.83. The number of nitrogens with zero attached hydrogens (tertiary/aromatic N) is 2. The third kappa shape index (κ3) is 9.65. The number of aromatic nitrogens is 2. The van der Waals surface area contributed by atoms with E-state index in [1.54, 1.807) is 0 Å². The maximum Gasteiger partial charge on any atom is 0.327 e. The molecule has 3 unspecified atom stereocenters. The van der Waals surface area contributed by atoms with E-state index in [0.29, 0.717) is 12.1 Å². The van der Waals surface area contributed by atoms with Gasteiger partial charge in [0.15, 0.2) is 5.96 Å². The number of carbonyl (C=O) groups excluding carboxylic acids is 3. The summed E-state index contributed by atoms with van der Waals surface area (Å²) in [4.78, 5) is 59.0. The fourth-order valence-electron chi connectivity index (χ4n) is 2.58. The van der Waals surface area contributed by atoms with Gasteiger partial charge in [-0.2, -0.15) is 12.6 Å². The molecule has 0 saturated heterocycles. The summed E-state index contributed by atoms with van der Waals surface area (Å²) < 4.78 is 0. The number of nitrogens with two attached hydrogens (primary N) is 3. The molecule has 0 aliphatic carbocycles. The molecule has 14 nitrogen and oxygen atoms in total. The fraction of sp³-hybridized carbons (Fsp3) is 0.529. The number of rotatable bonds is 14. The molecule has 1 heterocycles. The highest BCUT2D eigenvalue weighted by molar-refractivity contribution is 7.80. The van der Waals surface area contributed by atoms with Crippen molar-refractivity contribution in [2.75, 3.05) is 18.8 Å². The Bertz CT molecular complexity index is 798. The van der Waals surface area contributed by atoms with Gasteiger partial charge in [0.1, 0.15) is 18.1 Å². The van der Waals surface area contributed by atoms with Crippen molar-refractivity contribution in [2.45, 2.75) is 37.4 Å². The van der Waals surface area contributed by atoms with E-state index < -0.39 is 41.8 Å². The van der Waals surface area contributed by atoms with Crippen LogP contribution in [0.4, 0.5) is 0 Å². The zero-order valence-corrected chi connectivity index (χ0v) is 18.2. The van der Waals surface area contributed by atoms with E-state index in [4.69, 9.17) is 22.3 Å². The van der Waals surface area contributed by atoms with Crippen LogP contribution in [0, 0.1) is 0 Å². The Kier molecular flexibility index (Phi) is 11.6. The number of aromatic amines is 1. The van der Waals surface area contributed by atoms with Gasteiger partial charge in [-0.1, -0.05) is 0 Å². The van der Waals surface area contributed by atoms with Gasteiger partial charge >= 0.3 is 5.97 Å². The quantitative estimate of drug-likeness (QED) is 0.0563. The smallest absolute Gasteiger partial charge is 0.327 e. The van der Waals surface area contributed by atoms with Crippen molar-refractivity contribution < 1.29 is 24.3 Å². The standard InChI is InChI=1S/C17H29N9O5S/c18-5-13(27)24-10(2-1-3-22-17(19)20)14(28)25-11(4-9-6-21-8-23-9)15(29)26-12(7-32)16(30)31/h6,8,10-12,32H,1-5,7,18H2,(H,21,23)(H,24,27)(H,25,28)(H,26,29)(H,30,31)(H4,19,20,22). The number of H-pyrrole nitrogens is 1. The Morgan fingerprint density at radius 2 is 1.78 bits per heavy atom. The van der Waals surface area contributed by atoms with Crippen LogP contribution in [-0.2, 0) is 25.6 Å². The van der Waals surface area contributed by atoms with Gasteiger partial charge in [-0.3, -0.25) is 19.4 Å². The first-order valence-corrected chi connectivity index (χ1v) is 10.3. The summed E-state index contributed by atoms with van der Waals surface area (Å²) in [5.41, 5.74) is 16.4. The van der Waals surface area contributed by atoms with Crippen molar-refractivity contribution in [3.8, 4) is 0 Å². The second-order valence-corrected chi connectivity index (χ2v) is 7.06. The van der Waals surface area contributed by atoms with E-state index in [1.807, 2.05) is 0 Å². The molecule has 0 aliphatic heterocycles.